The summed E-state index contributed by atoms with van der Waals surface area (Å²) in [5.74, 6) is -0.882. The number of nitrogens with one attached hydrogen (secondary N) is 1. The second-order valence-electron chi connectivity index (χ2n) is 4.37. The number of hydrogen-bond donors (Lipinski definition) is 2. The van der Waals surface area contributed by atoms with Crippen LogP contribution in [0.15, 0.2) is 51.4 Å². The predicted octanol–water partition coefficient (Wildman–Crippen LogP) is 3.51. The molecule has 1 aromatic rings. The monoisotopic (exact) mass is 318 g/mol. The van der Waals surface area contributed by atoms with Gasteiger partial charge in [0.15, 0.2) is 0 Å². The maximum absolute atomic E-state index is 12.3. The van der Waals surface area contributed by atoms with E-state index in [4.69, 9.17) is 4.74 Å². The third kappa shape index (κ3) is 3.09. The molecule has 2 rings (SSSR count). The average Bonchev–Trinajstić information content (AvgIpc) is 2.97. The molecular formula is C15H14N2O2S2. The minimum absolute atomic E-state index is 0.138. The Labute approximate surface area is 133 Å². The Morgan fingerprint density at radius 1 is 1.71 bits per heavy atom. The zero-order valence-corrected chi connectivity index (χ0v) is 13.1. The van der Waals surface area contributed by atoms with Crippen molar-refractivity contribution < 1.29 is 9.53 Å². The van der Waals surface area contributed by atoms with Crippen LogP contribution in [0.1, 0.15) is 18.4 Å². The topological polar surface area (TPSA) is 65.9 Å². The highest BCUT2D eigenvalue weighted by atomic mass is 32.2. The molecule has 1 atom stereocenters. The maximum atomic E-state index is 12.3. The molecule has 0 amide bonds. The van der Waals surface area contributed by atoms with Crippen molar-refractivity contribution in [2.24, 2.45) is 0 Å². The number of rotatable bonds is 4. The first kappa shape index (κ1) is 15.5. The fraction of sp³-hybridized carbons (Fsp3) is 0.200. The number of ether oxygens (including phenoxy) is 1. The smallest absolute Gasteiger partial charge is 0.336 e. The van der Waals surface area contributed by atoms with Crippen LogP contribution in [0, 0.1) is 11.3 Å². The number of esters is 1. The van der Waals surface area contributed by atoms with E-state index in [0.29, 0.717) is 15.4 Å². The molecule has 0 aliphatic carbocycles. The summed E-state index contributed by atoms with van der Waals surface area (Å²) in [6.45, 7) is 5.50. The first-order chi connectivity index (χ1) is 10.1. The minimum Gasteiger partial charge on any atom is -0.458 e. The predicted molar refractivity (Wildman–Crippen MR) is 86.6 cm³/mol. The van der Waals surface area contributed by atoms with Crippen LogP contribution in [0.4, 0.5) is 0 Å². The molecule has 1 N–H and O–H groups in total. The van der Waals surface area contributed by atoms with Crippen molar-refractivity contribution in [1.29, 1.82) is 5.26 Å². The van der Waals surface area contributed by atoms with Gasteiger partial charge in [0.05, 0.1) is 27.4 Å². The van der Waals surface area contributed by atoms with Gasteiger partial charge in [-0.15, -0.1) is 12.6 Å². The third-order valence-electron chi connectivity index (χ3n) is 3.06. The molecule has 108 valence electrons. The van der Waals surface area contributed by atoms with Crippen molar-refractivity contribution >= 4 is 30.4 Å². The number of carbonyl (C=O) groups is 1. The lowest BCUT2D eigenvalue weighted by Crippen LogP contribution is -2.20. The molecule has 1 aromatic heterocycles. The van der Waals surface area contributed by atoms with Crippen molar-refractivity contribution in [3.05, 3.63) is 57.0 Å². The van der Waals surface area contributed by atoms with E-state index in [-0.39, 0.29) is 6.61 Å². The summed E-state index contributed by atoms with van der Waals surface area (Å²) in [6, 6.07) is 4.00. The highest BCUT2D eigenvalue weighted by molar-refractivity contribution is 8.18. The molecule has 0 spiro atoms. The molecule has 1 aliphatic heterocycles. The lowest BCUT2D eigenvalue weighted by Gasteiger charge is -2.25. The van der Waals surface area contributed by atoms with E-state index < -0.39 is 11.9 Å². The van der Waals surface area contributed by atoms with Gasteiger partial charge >= 0.3 is 5.97 Å². The van der Waals surface area contributed by atoms with Gasteiger partial charge in [-0.1, -0.05) is 24.4 Å². The number of hydrogen-bond acceptors (Lipinski definition) is 5. The summed E-state index contributed by atoms with van der Waals surface area (Å²) in [4.78, 5) is 16.1. The van der Waals surface area contributed by atoms with Crippen LogP contribution in [0.25, 0.3) is 0 Å². The van der Waals surface area contributed by atoms with Gasteiger partial charge in [0.25, 0.3) is 0 Å². The summed E-state index contributed by atoms with van der Waals surface area (Å²) in [7, 11) is 0. The number of thiol groups is 1. The van der Waals surface area contributed by atoms with Gasteiger partial charge in [0.2, 0.25) is 0 Å². The Bertz CT molecular complexity index is 666. The number of nitriles is 1. The highest BCUT2D eigenvalue weighted by Crippen LogP contribution is 2.47. The largest absolute Gasteiger partial charge is 0.458 e. The summed E-state index contributed by atoms with van der Waals surface area (Å²) in [5.41, 5.74) is 1.78. The maximum Gasteiger partial charge on any atom is 0.336 e. The van der Waals surface area contributed by atoms with E-state index in [2.05, 4.69) is 30.3 Å². The van der Waals surface area contributed by atoms with E-state index >= 15 is 0 Å². The molecule has 0 radical (unpaired) electrons. The van der Waals surface area contributed by atoms with Gasteiger partial charge in [-0.3, -0.25) is 0 Å². The van der Waals surface area contributed by atoms with E-state index in [1.807, 2.05) is 13.0 Å². The van der Waals surface area contributed by atoms with Crippen molar-refractivity contribution in [2.75, 3.05) is 6.61 Å². The molecule has 0 saturated carbocycles. The Morgan fingerprint density at radius 3 is 3.05 bits per heavy atom. The molecular weight excluding hydrogens is 304 g/mol. The number of aromatic amines is 1. The Kier molecular flexibility index (Phi) is 4.99. The van der Waals surface area contributed by atoms with Crippen LogP contribution >= 0.6 is 24.4 Å². The van der Waals surface area contributed by atoms with E-state index in [1.54, 1.807) is 12.4 Å². The lowest BCUT2D eigenvalue weighted by molar-refractivity contribution is -0.138. The number of nitrogens with zero attached hydrogens (tertiary/aromatic N) is 1. The molecule has 0 fully saturated rings. The van der Waals surface area contributed by atoms with Gasteiger partial charge in [-0.2, -0.15) is 5.26 Å². The van der Waals surface area contributed by atoms with Gasteiger partial charge in [-0.05, 0) is 23.5 Å². The second-order valence-corrected chi connectivity index (χ2v) is 6.34. The van der Waals surface area contributed by atoms with Crippen LogP contribution in [0.2, 0.25) is 0 Å². The van der Waals surface area contributed by atoms with Gasteiger partial charge in [0.1, 0.15) is 6.61 Å². The first-order valence-corrected chi connectivity index (χ1v) is 7.49. The van der Waals surface area contributed by atoms with Crippen LogP contribution in [-0.4, -0.2) is 17.6 Å². The van der Waals surface area contributed by atoms with Gasteiger partial charge in [-0.25, -0.2) is 4.79 Å². The third-order valence-corrected chi connectivity index (χ3v) is 4.52. The minimum atomic E-state index is -0.452. The SMILES string of the molecule is C=CCOC(=O)C1=C(C)SC(S)=C(C#N)[C@H]1c1cc[nH]c1. The number of allylic oxidation sites excluding steroid dienone is 2. The number of H-pyrrole nitrogens is 1. The summed E-state index contributed by atoms with van der Waals surface area (Å²) in [6.07, 6.45) is 5.04. The van der Waals surface area contributed by atoms with E-state index in [0.717, 1.165) is 10.5 Å². The lowest BCUT2D eigenvalue weighted by atomic mass is 9.86. The van der Waals surface area contributed by atoms with Crippen LogP contribution in [-0.2, 0) is 9.53 Å². The fourth-order valence-electron chi connectivity index (χ4n) is 2.16. The van der Waals surface area contributed by atoms with E-state index in [9.17, 15) is 10.1 Å². The van der Waals surface area contributed by atoms with Crippen LogP contribution in [0.3, 0.4) is 0 Å². The Hall–Kier alpha value is -1.84. The van der Waals surface area contributed by atoms with Crippen LogP contribution < -0.4 is 0 Å². The molecule has 0 saturated heterocycles. The Balaban J connectivity index is 2.49. The summed E-state index contributed by atoms with van der Waals surface area (Å²) >= 11 is 5.68. The summed E-state index contributed by atoms with van der Waals surface area (Å²) < 4.78 is 5.77. The highest BCUT2D eigenvalue weighted by Gasteiger charge is 2.35. The molecule has 1 aliphatic rings. The number of aromatic nitrogens is 1. The number of carbonyl (C=O) groups excluding carboxylic acids is 1. The quantitative estimate of drug-likeness (QED) is 0.506. The Morgan fingerprint density at radius 2 is 2.48 bits per heavy atom. The first-order valence-electron chi connectivity index (χ1n) is 6.22. The van der Waals surface area contributed by atoms with Gasteiger partial charge < -0.3 is 9.72 Å². The average molecular weight is 318 g/mol. The molecule has 0 unspecified atom stereocenters. The van der Waals surface area contributed by atoms with Gasteiger partial charge in [0, 0.05) is 12.4 Å². The fourth-order valence-corrected chi connectivity index (χ4v) is 3.63. The van der Waals surface area contributed by atoms with Crippen molar-refractivity contribution in [2.45, 2.75) is 12.8 Å². The normalized spacial score (nSPS) is 18.4. The zero-order valence-electron chi connectivity index (χ0n) is 11.4. The molecule has 0 aromatic carbocycles. The molecule has 21 heavy (non-hydrogen) atoms. The molecule has 0 bridgehead atoms. The second kappa shape index (κ2) is 6.74. The zero-order chi connectivity index (χ0) is 15.4. The van der Waals surface area contributed by atoms with Crippen molar-refractivity contribution in [3.63, 3.8) is 0 Å². The van der Waals surface area contributed by atoms with Crippen LogP contribution in [0.5, 0.6) is 0 Å². The standard InChI is InChI=1S/C15H14N2O2S2/c1-3-6-19-14(18)12-9(2)21-15(20)11(7-16)13(12)10-4-5-17-8-10/h3-5,8,13,17,20H,1,6H2,2H3/t13-/m1/s1. The molecule has 2 heterocycles. The number of thioether (sulfide) groups is 1. The van der Waals surface area contributed by atoms with Crippen molar-refractivity contribution in [1.82, 2.24) is 4.98 Å². The van der Waals surface area contributed by atoms with Crippen molar-refractivity contribution in [3.8, 4) is 6.07 Å². The summed E-state index contributed by atoms with van der Waals surface area (Å²) in [5, 5.41) is 9.42. The molecule has 6 heteroatoms. The van der Waals surface area contributed by atoms with E-state index in [1.165, 1.54) is 17.8 Å². The molecule has 4 nitrogen and oxygen atoms in total.